The minimum absolute atomic E-state index is 0.129. The lowest BCUT2D eigenvalue weighted by molar-refractivity contribution is -0.0529. The number of nitrogens with two attached hydrogens (primary N) is 1. The minimum atomic E-state index is -0.422. The third kappa shape index (κ3) is 3.33. The summed E-state index contributed by atoms with van der Waals surface area (Å²) in [4.78, 5) is 13.6. The summed E-state index contributed by atoms with van der Waals surface area (Å²) in [5, 5.41) is 0. The molecule has 1 saturated heterocycles. The average Bonchev–Trinajstić information content (AvgIpc) is 2.44. The highest BCUT2D eigenvalue weighted by Gasteiger charge is 2.24. The number of halogens is 1. The maximum atomic E-state index is 13.9. The van der Waals surface area contributed by atoms with Crippen LogP contribution >= 0.6 is 0 Å². The third-order valence-electron chi connectivity index (χ3n) is 3.55. The third-order valence-corrected chi connectivity index (χ3v) is 3.55. The van der Waals surface area contributed by atoms with Crippen LogP contribution in [-0.2, 0) is 11.3 Å². The lowest BCUT2D eigenvalue weighted by atomic mass is 10.1. The van der Waals surface area contributed by atoms with E-state index in [1.165, 1.54) is 12.1 Å². The molecule has 1 aliphatic rings. The summed E-state index contributed by atoms with van der Waals surface area (Å²) in [6, 6.07) is 4.49. The standard InChI is InChI=1S/C14H20FN3O2/c1-9-8-20-10(2)6-18(9)7-12-5-11(14(19)17-16)3-4-13(12)15/h3-5,9-10H,6-8,16H2,1-2H3,(H,17,19). The Morgan fingerprint density at radius 1 is 1.55 bits per heavy atom. The maximum absolute atomic E-state index is 13.9. The molecular formula is C14H20FN3O2. The zero-order valence-electron chi connectivity index (χ0n) is 11.7. The zero-order valence-corrected chi connectivity index (χ0v) is 11.7. The van der Waals surface area contributed by atoms with Crippen LogP contribution in [-0.4, -0.2) is 36.1 Å². The summed E-state index contributed by atoms with van der Waals surface area (Å²) in [6.07, 6.45) is 0.129. The number of amides is 1. The predicted molar refractivity (Wildman–Crippen MR) is 73.3 cm³/mol. The number of rotatable bonds is 3. The minimum Gasteiger partial charge on any atom is -0.376 e. The van der Waals surface area contributed by atoms with Crippen molar-refractivity contribution in [3.63, 3.8) is 0 Å². The van der Waals surface area contributed by atoms with E-state index in [0.29, 0.717) is 24.3 Å². The van der Waals surface area contributed by atoms with Crippen molar-refractivity contribution < 1.29 is 13.9 Å². The lowest BCUT2D eigenvalue weighted by Gasteiger charge is -2.36. The Balaban J connectivity index is 2.17. The van der Waals surface area contributed by atoms with E-state index in [2.05, 4.69) is 10.3 Å². The molecule has 0 saturated carbocycles. The number of benzene rings is 1. The Morgan fingerprint density at radius 3 is 3.00 bits per heavy atom. The average molecular weight is 281 g/mol. The van der Waals surface area contributed by atoms with Gasteiger partial charge >= 0.3 is 0 Å². The van der Waals surface area contributed by atoms with E-state index >= 15 is 0 Å². The lowest BCUT2D eigenvalue weighted by Crippen LogP contribution is -2.46. The molecule has 1 aromatic rings. The van der Waals surface area contributed by atoms with Gasteiger partial charge in [-0.05, 0) is 32.0 Å². The molecule has 1 amide bonds. The van der Waals surface area contributed by atoms with E-state index in [0.717, 1.165) is 6.54 Å². The first kappa shape index (κ1) is 14.9. The Labute approximate surface area is 117 Å². The number of hydrazine groups is 1. The molecule has 110 valence electrons. The van der Waals surface area contributed by atoms with Gasteiger partial charge in [0.25, 0.3) is 5.91 Å². The van der Waals surface area contributed by atoms with Crippen LogP contribution in [0.25, 0.3) is 0 Å². The second kappa shape index (κ2) is 6.30. The molecule has 1 aromatic carbocycles. The summed E-state index contributed by atoms with van der Waals surface area (Å²) in [6.45, 7) is 5.86. The van der Waals surface area contributed by atoms with Gasteiger partial charge in [-0.1, -0.05) is 0 Å². The fraction of sp³-hybridized carbons (Fsp3) is 0.500. The van der Waals surface area contributed by atoms with E-state index in [9.17, 15) is 9.18 Å². The number of nitrogen functional groups attached to an aromatic ring is 1. The summed E-state index contributed by atoms with van der Waals surface area (Å²) in [5.74, 6) is 4.36. The molecule has 0 spiro atoms. The van der Waals surface area contributed by atoms with E-state index in [1.54, 1.807) is 6.07 Å². The van der Waals surface area contributed by atoms with Crippen LogP contribution in [0.4, 0.5) is 4.39 Å². The van der Waals surface area contributed by atoms with Crippen LogP contribution < -0.4 is 11.3 Å². The van der Waals surface area contributed by atoms with Crippen molar-refractivity contribution >= 4 is 5.91 Å². The molecule has 6 heteroatoms. The monoisotopic (exact) mass is 281 g/mol. The molecule has 20 heavy (non-hydrogen) atoms. The molecule has 2 unspecified atom stereocenters. The molecule has 1 heterocycles. The van der Waals surface area contributed by atoms with Gasteiger partial charge in [0.15, 0.2) is 0 Å². The van der Waals surface area contributed by atoms with Gasteiger partial charge < -0.3 is 4.74 Å². The van der Waals surface area contributed by atoms with Crippen molar-refractivity contribution in [1.29, 1.82) is 0 Å². The van der Waals surface area contributed by atoms with Crippen LogP contribution in [0, 0.1) is 5.82 Å². The first-order valence-electron chi connectivity index (χ1n) is 6.66. The smallest absolute Gasteiger partial charge is 0.265 e. The highest BCUT2D eigenvalue weighted by atomic mass is 19.1. The van der Waals surface area contributed by atoms with Crippen molar-refractivity contribution in [3.05, 3.63) is 35.1 Å². The highest BCUT2D eigenvalue weighted by Crippen LogP contribution is 2.18. The van der Waals surface area contributed by atoms with Crippen molar-refractivity contribution in [2.24, 2.45) is 5.84 Å². The van der Waals surface area contributed by atoms with E-state index in [4.69, 9.17) is 10.6 Å². The molecule has 2 atom stereocenters. The fourth-order valence-corrected chi connectivity index (χ4v) is 2.33. The summed E-state index contributed by atoms with van der Waals surface area (Å²) in [5.41, 5.74) is 2.90. The largest absolute Gasteiger partial charge is 0.376 e. The number of carbonyl (C=O) groups is 1. The van der Waals surface area contributed by atoms with Gasteiger partial charge in [0.1, 0.15) is 5.82 Å². The molecule has 0 aliphatic carbocycles. The number of hydrogen-bond acceptors (Lipinski definition) is 4. The molecule has 0 radical (unpaired) electrons. The molecule has 2 rings (SSSR count). The summed E-state index contributed by atoms with van der Waals surface area (Å²) in [7, 11) is 0. The highest BCUT2D eigenvalue weighted by molar-refractivity contribution is 5.93. The maximum Gasteiger partial charge on any atom is 0.265 e. The molecule has 1 aliphatic heterocycles. The Morgan fingerprint density at radius 2 is 2.30 bits per heavy atom. The molecule has 0 bridgehead atoms. The predicted octanol–water partition coefficient (Wildman–Crippen LogP) is 1.04. The quantitative estimate of drug-likeness (QED) is 0.493. The van der Waals surface area contributed by atoms with Gasteiger partial charge in [0, 0.05) is 30.3 Å². The molecular weight excluding hydrogens is 261 g/mol. The van der Waals surface area contributed by atoms with Gasteiger partial charge in [-0.25, -0.2) is 10.2 Å². The number of hydrogen-bond donors (Lipinski definition) is 2. The van der Waals surface area contributed by atoms with Crippen molar-refractivity contribution in [1.82, 2.24) is 10.3 Å². The van der Waals surface area contributed by atoms with E-state index in [1.807, 2.05) is 13.8 Å². The summed E-state index contributed by atoms with van der Waals surface area (Å²) < 4.78 is 19.4. The summed E-state index contributed by atoms with van der Waals surface area (Å²) >= 11 is 0. The topological polar surface area (TPSA) is 67.6 Å². The van der Waals surface area contributed by atoms with Crippen LogP contribution in [0.3, 0.4) is 0 Å². The first-order chi connectivity index (χ1) is 9.51. The Kier molecular flexibility index (Phi) is 4.69. The van der Waals surface area contributed by atoms with Crippen molar-refractivity contribution in [2.75, 3.05) is 13.2 Å². The van der Waals surface area contributed by atoms with Crippen molar-refractivity contribution in [2.45, 2.75) is 32.5 Å². The van der Waals surface area contributed by atoms with Crippen LogP contribution in [0.15, 0.2) is 18.2 Å². The van der Waals surface area contributed by atoms with Crippen molar-refractivity contribution in [3.8, 4) is 0 Å². The van der Waals surface area contributed by atoms with Crippen LogP contribution in [0.2, 0.25) is 0 Å². The fourth-order valence-electron chi connectivity index (χ4n) is 2.33. The van der Waals surface area contributed by atoms with Gasteiger partial charge in [0.2, 0.25) is 0 Å². The van der Waals surface area contributed by atoms with E-state index in [-0.39, 0.29) is 18.0 Å². The zero-order chi connectivity index (χ0) is 14.7. The second-order valence-corrected chi connectivity index (χ2v) is 5.20. The number of nitrogens with zero attached hydrogens (tertiary/aromatic N) is 1. The molecule has 5 nitrogen and oxygen atoms in total. The van der Waals surface area contributed by atoms with Gasteiger partial charge in [0.05, 0.1) is 12.7 Å². The van der Waals surface area contributed by atoms with Crippen LogP contribution in [0.5, 0.6) is 0 Å². The van der Waals surface area contributed by atoms with Gasteiger partial charge in [-0.3, -0.25) is 15.1 Å². The molecule has 0 aromatic heterocycles. The SMILES string of the molecule is CC1CN(Cc2cc(C(=O)NN)ccc2F)C(C)CO1. The number of morpholine rings is 1. The number of nitrogens with one attached hydrogen (secondary N) is 1. The van der Waals surface area contributed by atoms with Crippen LogP contribution in [0.1, 0.15) is 29.8 Å². The molecule has 3 N–H and O–H groups in total. The first-order valence-corrected chi connectivity index (χ1v) is 6.66. The second-order valence-electron chi connectivity index (χ2n) is 5.20. The van der Waals surface area contributed by atoms with E-state index < -0.39 is 5.91 Å². The molecule has 1 fully saturated rings. The number of carbonyl (C=O) groups excluding carboxylic acids is 1. The number of ether oxygens (including phenoxy) is 1. The van der Waals surface area contributed by atoms with Gasteiger partial charge in [-0.15, -0.1) is 0 Å². The Bertz CT molecular complexity index is 495. The Hall–Kier alpha value is -1.50. The normalized spacial score (nSPS) is 23.6. The van der Waals surface area contributed by atoms with Gasteiger partial charge in [-0.2, -0.15) is 0 Å².